The van der Waals surface area contributed by atoms with Gasteiger partial charge in [0.25, 0.3) is 0 Å². The Bertz CT molecular complexity index is 339. The molecule has 5 nitrogen and oxygen atoms in total. The molecule has 2 heterocycles. The first-order chi connectivity index (χ1) is 8.25. The van der Waals surface area contributed by atoms with E-state index >= 15 is 0 Å². The molecule has 1 aliphatic rings. The van der Waals surface area contributed by atoms with Crippen LogP contribution in [0.5, 0.6) is 0 Å². The zero-order valence-electron chi connectivity index (χ0n) is 10.3. The van der Waals surface area contributed by atoms with Crippen LogP contribution in [0.1, 0.15) is 26.7 Å². The average Bonchev–Trinajstić information content (AvgIpc) is 2.38. The number of nitrogens with two attached hydrogens (primary N) is 1. The van der Waals surface area contributed by atoms with Gasteiger partial charge in [0.05, 0.1) is 4.47 Å². The van der Waals surface area contributed by atoms with Crippen LogP contribution >= 0.6 is 15.9 Å². The van der Waals surface area contributed by atoms with Crippen molar-refractivity contribution in [2.24, 2.45) is 0 Å². The van der Waals surface area contributed by atoms with Crippen molar-refractivity contribution in [2.45, 2.75) is 32.7 Å². The number of hydrogen-bond acceptors (Lipinski definition) is 5. The number of rotatable bonds is 2. The predicted octanol–water partition coefficient (Wildman–Crippen LogP) is 2.01. The Morgan fingerprint density at radius 2 is 2.06 bits per heavy atom. The highest BCUT2D eigenvalue weighted by atomic mass is 79.9. The van der Waals surface area contributed by atoms with Crippen molar-refractivity contribution in [2.75, 3.05) is 24.1 Å². The molecule has 2 rings (SSSR count). The van der Waals surface area contributed by atoms with Crippen molar-refractivity contribution >= 4 is 27.7 Å². The summed E-state index contributed by atoms with van der Waals surface area (Å²) in [5.74, 6) is 1.09. The molecule has 0 saturated carbocycles. The Balaban J connectivity index is 0.000000686. The minimum absolute atomic E-state index is 0.301. The van der Waals surface area contributed by atoms with Crippen molar-refractivity contribution in [3.05, 3.63) is 10.7 Å². The van der Waals surface area contributed by atoms with E-state index < -0.39 is 0 Å². The third kappa shape index (κ3) is 4.47. The van der Waals surface area contributed by atoms with Crippen molar-refractivity contribution in [3.63, 3.8) is 0 Å². The number of nitrogen functional groups attached to an aromatic ring is 1. The van der Waals surface area contributed by atoms with Crippen LogP contribution < -0.4 is 16.4 Å². The van der Waals surface area contributed by atoms with E-state index in [1.54, 1.807) is 6.20 Å². The van der Waals surface area contributed by atoms with Crippen LogP contribution in [-0.4, -0.2) is 29.1 Å². The summed E-state index contributed by atoms with van der Waals surface area (Å²) in [6, 6.07) is 0.469. The summed E-state index contributed by atoms with van der Waals surface area (Å²) in [4.78, 5) is 8.05. The van der Waals surface area contributed by atoms with Crippen LogP contribution in [-0.2, 0) is 0 Å². The highest BCUT2D eigenvalue weighted by molar-refractivity contribution is 9.10. The second-order valence-electron chi connectivity index (χ2n) is 3.59. The lowest BCUT2D eigenvalue weighted by Crippen LogP contribution is -2.35. The number of anilines is 2. The molecule has 1 aromatic heterocycles. The Morgan fingerprint density at radius 3 is 2.71 bits per heavy atom. The lowest BCUT2D eigenvalue weighted by atomic mass is 10.1. The first kappa shape index (κ1) is 14.2. The molecule has 1 aliphatic heterocycles. The zero-order valence-corrected chi connectivity index (χ0v) is 11.9. The van der Waals surface area contributed by atoms with Gasteiger partial charge in [0, 0.05) is 12.2 Å². The molecule has 4 N–H and O–H groups in total. The first-order valence-electron chi connectivity index (χ1n) is 6.01. The molecular formula is C11H20BrN5. The number of aromatic nitrogens is 2. The third-order valence-corrected chi connectivity index (χ3v) is 3.02. The van der Waals surface area contributed by atoms with Crippen LogP contribution in [0.2, 0.25) is 0 Å². The molecule has 0 bridgehead atoms. The molecule has 17 heavy (non-hydrogen) atoms. The SMILES string of the molecule is CC.Nc1ncc(Br)c(NC2CCNCC2)n1. The van der Waals surface area contributed by atoms with Gasteiger partial charge in [-0.15, -0.1) is 0 Å². The van der Waals surface area contributed by atoms with Gasteiger partial charge in [0.1, 0.15) is 5.82 Å². The second kappa shape index (κ2) is 7.45. The fourth-order valence-corrected chi connectivity index (χ4v) is 1.95. The zero-order chi connectivity index (χ0) is 12.7. The summed E-state index contributed by atoms with van der Waals surface area (Å²) < 4.78 is 0.857. The Kier molecular flexibility index (Phi) is 6.21. The molecule has 0 radical (unpaired) electrons. The Labute approximate surface area is 111 Å². The average molecular weight is 302 g/mol. The standard InChI is InChI=1S/C9H14BrN5.C2H6/c10-7-5-13-9(11)15-8(7)14-6-1-3-12-4-2-6;1-2/h5-6,12H,1-4H2,(H3,11,13,14,15);1-2H3. The topological polar surface area (TPSA) is 75.9 Å². The van der Waals surface area contributed by atoms with Crippen LogP contribution in [0, 0.1) is 0 Å². The molecule has 1 fully saturated rings. The van der Waals surface area contributed by atoms with E-state index in [1.807, 2.05) is 13.8 Å². The number of piperidine rings is 1. The maximum absolute atomic E-state index is 5.54. The van der Waals surface area contributed by atoms with Gasteiger partial charge in [-0.3, -0.25) is 0 Å². The van der Waals surface area contributed by atoms with E-state index in [0.717, 1.165) is 36.2 Å². The highest BCUT2D eigenvalue weighted by Crippen LogP contribution is 2.21. The molecule has 1 aromatic rings. The number of hydrogen-bond donors (Lipinski definition) is 3. The summed E-state index contributed by atoms with van der Waals surface area (Å²) in [6.07, 6.45) is 3.89. The molecule has 0 amide bonds. The lowest BCUT2D eigenvalue weighted by molar-refractivity contribution is 0.478. The number of nitrogens with one attached hydrogen (secondary N) is 2. The minimum atomic E-state index is 0.301. The van der Waals surface area contributed by atoms with Crippen molar-refractivity contribution < 1.29 is 0 Å². The lowest BCUT2D eigenvalue weighted by Gasteiger charge is -2.24. The first-order valence-corrected chi connectivity index (χ1v) is 6.80. The molecule has 0 unspecified atom stereocenters. The van der Waals surface area contributed by atoms with Gasteiger partial charge >= 0.3 is 0 Å². The largest absolute Gasteiger partial charge is 0.368 e. The van der Waals surface area contributed by atoms with E-state index in [0.29, 0.717) is 12.0 Å². The van der Waals surface area contributed by atoms with E-state index in [4.69, 9.17) is 5.73 Å². The number of nitrogens with zero attached hydrogens (tertiary/aromatic N) is 2. The van der Waals surface area contributed by atoms with Crippen molar-refractivity contribution in [3.8, 4) is 0 Å². The monoisotopic (exact) mass is 301 g/mol. The minimum Gasteiger partial charge on any atom is -0.368 e. The molecule has 0 atom stereocenters. The highest BCUT2D eigenvalue weighted by Gasteiger charge is 2.14. The summed E-state index contributed by atoms with van der Waals surface area (Å²) >= 11 is 3.40. The smallest absolute Gasteiger partial charge is 0.221 e. The normalized spacial score (nSPS) is 15.9. The van der Waals surface area contributed by atoms with Crippen molar-refractivity contribution in [1.82, 2.24) is 15.3 Å². The molecule has 0 aromatic carbocycles. The van der Waals surface area contributed by atoms with E-state index in [-0.39, 0.29) is 0 Å². The second-order valence-corrected chi connectivity index (χ2v) is 4.45. The fourth-order valence-electron chi connectivity index (χ4n) is 1.64. The summed E-state index contributed by atoms with van der Waals surface area (Å²) in [6.45, 7) is 6.10. The summed E-state index contributed by atoms with van der Waals surface area (Å²) in [5.41, 5.74) is 5.54. The number of halogens is 1. The van der Waals surface area contributed by atoms with Crippen LogP contribution in [0.3, 0.4) is 0 Å². The van der Waals surface area contributed by atoms with E-state index in [9.17, 15) is 0 Å². The summed E-state index contributed by atoms with van der Waals surface area (Å²) in [7, 11) is 0. The van der Waals surface area contributed by atoms with Crippen LogP contribution in [0.15, 0.2) is 10.7 Å². The Hall–Kier alpha value is -0.880. The third-order valence-electron chi connectivity index (χ3n) is 2.44. The van der Waals surface area contributed by atoms with Crippen LogP contribution in [0.4, 0.5) is 11.8 Å². The van der Waals surface area contributed by atoms with E-state index in [1.165, 1.54) is 0 Å². The van der Waals surface area contributed by atoms with Gasteiger partial charge in [0.2, 0.25) is 5.95 Å². The molecular weight excluding hydrogens is 282 g/mol. The molecule has 0 spiro atoms. The molecule has 6 heteroatoms. The Morgan fingerprint density at radius 1 is 1.41 bits per heavy atom. The van der Waals surface area contributed by atoms with Gasteiger partial charge in [-0.25, -0.2) is 4.98 Å². The van der Waals surface area contributed by atoms with Gasteiger partial charge in [0.15, 0.2) is 0 Å². The maximum atomic E-state index is 5.54. The molecule has 96 valence electrons. The van der Waals surface area contributed by atoms with Gasteiger partial charge < -0.3 is 16.4 Å². The fraction of sp³-hybridized carbons (Fsp3) is 0.636. The van der Waals surface area contributed by atoms with Crippen LogP contribution in [0.25, 0.3) is 0 Å². The maximum Gasteiger partial charge on any atom is 0.221 e. The van der Waals surface area contributed by atoms with Gasteiger partial charge in [-0.2, -0.15) is 4.98 Å². The molecule has 1 saturated heterocycles. The molecule has 0 aliphatic carbocycles. The van der Waals surface area contributed by atoms with Gasteiger partial charge in [-0.1, -0.05) is 13.8 Å². The summed E-state index contributed by atoms with van der Waals surface area (Å²) in [5, 5.41) is 6.69. The van der Waals surface area contributed by atoms with E-state index in [2.05, 4.69) is 36.5 Å². The van der Waals surface area contributed by atoms with Gasteiger partial charge in [-0.05, 0) is 41.9 Å². The predicted molar refractivity (Wildman–Crippen MR) is 75.0 cm³/mol. The quantitative estimate of drug-likeness (QED) is 0.779. The van der Waals surface area contributed by atoms with Crippen molar-refractivity contribution in [1.29, 1.82) is 0 Å².